The van der Waals surface area contributed by atoms with E-state index in [1.165, 1.54) is 24.1 Å². The summed E-state index contributed by atoms with van der Waals surface area (Å²) >= 11 is 0. The van der Waals surface area contributed by atoms with Gasteiger partial charge in [0.15, 0.2) is 0 Å². The Balaban J connectivity index is 1.57. The number of carbonyl (C=O) groups is 5. The topological polar surface area (TPSA) is 175 Å². The van der Waals surface area contributed by atoms with Gasteiger partial charge in [-0.3, -0.25) is 24.0 Å². The van der Waals surface area contributed by atoms with Gasteiger partial charge in [0.2, 0.25) is 23.6 Å². The molecule has 0 bridgehead atoms. The number of phenols is 1. The van der Waals surface area contributed by atoms with Crippen LogP contribution in [-0.2, 0) is 32.0 Å². The molecule has 0 fully saturated rings. The van der Waals surface area contributed by atoms with Crippen molar-refractivity contribution in [2.45, 2.75) is 70.5 Å². The van der Waals surface area contributed by atoms with E-state index in [2.05, 4.69) is 21.3 Å². The van der Waals surface area contributed by atoms with Gasteiger partial charge < -0.3 is 40.7 Å². The summed E-state index contributed by atoms with van der Waals surface area (Å²) < 4.78 is 11.4. The summed E-state index contributed by atoms with van der Waals surface area (Å²) in [6.07, 6.45) is 1.71. The van der Waals surface area contributed by atoms with Gasteiger partial charge in [0, 0.05) is 26.4 Å². The molecule has 53 heavy (non-hydrogen) atoms. The van der Waals surface area contributed by atoms with Gasteiger partial charge in [-0.05, 0) is 79.1 Å². The second-order valence-electron chi connectivity index (χ2n) is 13.7. The highest BCUT2D eigenvalue weighted by Crippen LogP contribution is 2.20. The van der Waals surface area contributed by atoms with Gasteiger partial charge in [-0.1, -0.05) is 50.2 Å². The number of aryl methyl sites for hydroxylation is 1. The van der Waals surface area contributed by atoms with E-state index >= 15 is 0 Å². The Hall–Kier alpha value is -5.59. The van der Waals surface area contributed by atoms with Crippen LogP contribution in [0.3, 0.4) is 0 Å². The summed E-state index contributed by atoms with van der Waals surface area (Å²) in [6.45, 7) is 4.13. The zero-order valence-electron chi connectivity index (χ0n) is 30.9. The van der Waals surface area contributed by atoms with Crippen molar-refractivity contribution in [3.63, 3.8) is 0 Å². The zero-order valence-corrected chi connectivity index (χ0v) is 30.9. The second-order valence-corrected chi connectivity index (χ2v) is 13.7. The monoisotopic (exact) mass is 729 g/mol. The summed E-state index contributed by atoms with van der Waals surface area (Å²) in [5, 5.41) is 21.2. The largest absolute Gasteiger partial charge is 0.508 e. The van der Waals surface area contributed by atoms with Crippen LogP contribution in [0.5, 0.6) is 17.2 Å². The molecule has 0 unspecified atom stereocenters. The molecule has 0 aromatic heterocycles. The number of para-hydroxylation sites is 1. The number of nitrogens with one attached hydrogen (secondary N) is 4. The minimum absolute atomic E-state index is 0.0526. The van der Waals surface area contributed by atoms with E-state index < -0.39 is 47.7 Å². The number of ether oxygens (including phenoxy) is 2. The Morgan fingerprint density at radius 3 is 2.45 bits per heavy atom. The van der Waals surface area contributed by atoms with Crippen molar-refractivity contribution in [1.29, 1.82) is 0 Å². The number of amides is 5. The number of phenolic OH excluding ortho intramolecular Hbond substituents is 1. The standard InChI is InChI=1S/C40H51N5O8/c1-26(2)21-29-25-53-35-13-6-5-12-32(35)38(49)44-33(39(50)41-20-8-10-27-9-7-11-31(22-27)52-4)18-19-36(47)43-34(23-28-14-16-30(46)17-15-28)40(51)45(3)24-37(48)42-29/h5-7,9,11-17,22,26,29,33-34,46H,8,10,18-21,23-25H2,1-4H3,(H,41,50)(H,42,48)(H,43,47)(H,44,49)/t29-,33-,34-/m0/s1. The van der Waals surface area contributed by atoms with Crippen LogP contribution in [0.25, 0.3) is 0 Å². The Morgan fingerprint density at radius 2 is 1.72 bits per heavy atom. The second kappa shape index (κ2) is 19.9. The van der Waals surface area contributed by atoms with Gasteiger partial charge in [0.1, 0.15) is 35.9 Å². The molecule has 0 saturated heterocycles. The predicted molar refractivity (Wildman–Crippen MR) is 200 cm³/mol. The Bertz CT molecular complexity index is 1710. The van der Waals surface area contributed by atoms with Crippen LogP contribution in [0.1, 0.15) is 61.0 Å². The fourth-order valence-electron chi connectivity index (χ4n) is 6.11. The number of carbonyl (C=O) groups excluding carboxylic acids is 5. The maximum atomic E-state index is 13.7. The number of rotatable bonds is 10. The average molecular weight is 730 g/mol. The highest BCUT2D eigenvalue weighted by atomic mass is 16.5. The number of hydrogen-bond donors (Lipinski definition) is 5. The molecule has 3 atom stereocenters. The summed E-state index contributed by atoms with van der Waals surface area (Å²) in [5.74, 6) is -1.18. The maximum absolute atomic E-state index is 13.7. The average Bonchev–Trinajstić information content (AvgIpc) is 3.13. The van der Waals surface area contributed by atoms with Crippen molar-refractivity contribution in [2.24, 2.45) is 5.92 Å². The van der Waals surface area contributed by atoms with Gasteiger partial charge in [-0.2, -0.15) is 0 Å². The number of fused-ring (bicyclic) bond motifs is 1. The molecule has 1 heterocycles. The van der Waals surface area contributed by atoms with Crippen LogP contribution in [0.4, 0.5) is 0 Å². The number of likely N-dealkylation sites (N-methyl/N-ethyl adjacent to an activating group) is 1. The highest BCUT2D eigenvalue weighted by molar-refractivity contribution is 6.00. The normalized spacial score (nSPS) is 19.1. The van der Waals surface area contributed by atoms with Gasteiger partial charge >= 0.3 is 0 Å². The number of hydrogen-bond acceptors (Lipinski definition) is 8. The van der Waals surface area contributed by atoms with Gasteiger partial charge in [0.25, 0.3) is 5.91 Å². The third-order valence-electron chi connectivity index (χ3n) is 8.82. The number of aromatic hydroxyl groups is 1. The van der Waals surface area contributed by atoms with Crippen LogP contribution >= 0.6 is 0 Å². The van der Waals surface area contributed by atoms with Crippen LogP contribution in [-0.4, -0.2) is 91.5 Å². The molecule has 1 aliphatic rings. The minimum Gasteiger partial charge on any atom is -0.508 e. The fourth-order valence-corrected chi connectivity index (χ4v) is 6.11. The van der Waals surface area contributed by atoms with E-state index in [0.29, 0.717) is 31.4 Å². The van der Waals surface area contributed by atoms with E-state index in [1.807, 2.05) is 38.1 Å². The lowest BCUT2D eigenvalue weighted by molar-refractivity contribution is -0.138. The molecule has 0 radical (unpaired) electrons. The molecule has 0 saturated carbocycles. The van der Waals surface area contributed by atoms with Crippen molar-refractivity contribution in [2.75, 3.05) is 33.9 Å². The summed E-state index contributed by atoms with van der Waals surface area (Å²) in [4.78, 5) is 68.9. The summed E-state index contributed by atoms with van der Waals surface area (Å²) in [6, 6.07) is 18.0. The Morgan fingerprint density at radius 1 is 0.962 bits per heavy atom. The molecule has 5 N–H and O–H groups in total. The third-order valence-corrected chi connectivity index (χ3v) is 8.82. The van der Waals surface area contributed by atoms with Crippen LogP contribution < -0.4 is 30.7 Å². The first kappa shape index (κ1) is 40.2. The molecule has 5 amide bonds. The Labute approximate surface area is 310 Å². The zero-order chi connectivity index (χ0) is 38.3. The first-order valence-electron chi connectivity index (χ1n) is 18.0. The number of benzene rings is 3. The lowest BCUT2D eigenvalue weighted by Gasteiger charge is -2.27. The van der Waals surface area contributed by atoms with E-state index in [4.69, 9.17) is 9.47 Å². The first-order chi connectivity index (χ1) is 25.4. The van der Waals surface area contributed by atoms with Crippen molar-refractivity contribution in [3.05, 3.63) is 89.5 Å². The summed E-state index contributed by atoms with van der Waals surface area (Å²) in [7, 11) is 3.09. The van der Waals surface area contributed by atoms with E-state index in [1.54, 1.807) is 43.5 Å². The molecule has 0 spiro atoms. The predicted octanol–water partition coefficient (Wildman–Crippen LogP) is 3.14. The number of methoxy groups -OCH3 is 1. The van der Waals surface area contributed by atoms with E-state index in [0.717, 1.165) is 11.3 Å². The van der Waals surface area contributed by atoms with Gasteiger partial charge in [0.05, 0.1) is 25.3 Å². The van der Waals surface area contributed by atoms with E-state index in [-0.39, 0.29) is 55.4 Å². The molecule has 0 aliphatic carbocycles. The molecule has 3 aromatic rings. The van der Waals surface area contributed by atoms with Gasteiger partial charge in [-0.15, -0.1) is 0 Å². The molecule has 13 heteroatoms. The third kappa shape index (κ3) is 12.8. The molecule has 4 rings (SSSR count). The maximum Gasteiger partial charge on any atom is 0.255 e. The van der Waals surface area contributed by atoms with Crippen LogP contribution in [0.2, 0.25) is 0 Å². The number of nitrogens with zero attached hydrogens (tertiary/aromatic N) is 1. The molecule has 1 aliphatic heterocycles. The lowest BCUT2D eigenvalue weighted by atomic mass is 10.0. The molecular formula is C40H51N5O8. The minimum atomic E-state index is -1.08. The van der Waals surface area contributed by atoms with Crippen molar-refractivity contribution < 1.29 is 38.6 Å². The van der Waals surface area contributed by atoms with E-state index in [9.17, 15) is 29.1 Å². The summed E-state index contributed by atoms with van der Waals surface area (Å²) in [5.41, 5.74) is 1.92. The SMILES string of the molecule is COc1cccc(CCCNC(=O)[C@@H]2CCC(=O)N[C@@H](Cc3ccc(O)cc3)C(=O)N(C)CC(=O)N[C@@H](CC(C)C)COc3ccccc3C(=O)N2)c1. The molecule has 3 aromatic carbocycles. The van der Waals surface area contributed by atoms with Gasteiger partial charge in [-0.25, -0.2) is 0 Å². The van der Waals surface area contributed by atoms with Crippen LogP contribution in [0, 0.1) is 5.92 Å². The lowest BCUT2D eigenvalue weighted by Crippen LogP contribution is -2.52. The van der Waals surface area contributed by atoms with Crippen molar-refractivity contribution in [3.8, 4) is 17.2 Å². The molecule has 284 valence electrons. The van der Waals surface area contributed by atoms with Crippen molar-refractivity contribution >= 4 is 29.5 Å². The fraction of sp³-hybridized carbons (Fsp3) is 0.425. The molecule has 13 nitrogen and oxygen atoms in total. The smallest absolute Gasteiger partial charge is 0.255 e. The van der Waals surface area contributed by atoms with Crippen molar-refractivity contribution in [1.82, 2.24) is 26.2 Å². The quantitative estimate of drug-likeness (QED) is 0.198. The molecular weight excluding hydrogens is 678 g/mol. The first-order valence-corrected chi connectivity index (χ1v) is 18.0. The Kier molecular flexibility index (Phi) is 15.1. The highest BCUT2D eigenvalue weighted by Gasteiger charge is 2.29. The van der Waals surface area contributed by atoms with Crippen LogP contribution in [0.15, 0.2) is 72.8 Å².